The van der Waals surface area contributed by atoms with Crippen molar-refractivity contribution in [1.29, 1.82) is 0 Å². The van der Waals surface area contributed by atoms with E-state index < -0.39 is 0 Å². The highest BCUT2D eigenvalue weighted by atomic mass is 16.5. The molecule has 1 aromatic rings. The third kappa shape index (κ3) is 4.97. The number of rotatable bonds is 7. The number of benzene rings is 1. The molecule has 1 amide bonds. The fourth-order valence-electron chi connectivity index (χ4n) is 1.27. The van der Waals surface area contributed by atoms with E-state index in [2.05, 4.69) is 10.5 Å². The van der Waals surface area contributed by atoms with Gasteiger partial charge in [-0.3, -0.25) is 4.79 Å². The van der Waals surface area contributed by atoms with Crippen LogP contribution < -0.4 is 10.2 Å². The van der Waals surface area contributed by atoms with Gasteiger partial charge in [0.2, 0.25) is 0 Å². The fraction of sp³-hybridized carbons (Fsp3) is 0.385. The van der Waals surface area contributed by atoms with Crippen LogP contribution in [0, 0.1) is 0 Å². The molecule has 0 heterocycles. The quantitative estimate of drug-likeness (QED) is 0.590. The molecule has 0 fully saturated rings. The second-order valence-corrected chi connectivity index (χ2v) is 3.40. The molecule has 1 rings (SSSR count). The van der Waals surface area contributed by atoms with E-state index in [1.165, 1.54) is 0 Å². The number of ether oxygens (including phenoxy) is 2. The Balaban J connectivity index is 2.53. The van der Waals surface area contributed by atoms with E-state index in [9.17, 15) is 4.79 Å². The van der Waals surface area contributed by atoms with Gasteiger partial charge < -0.3 is 9.47 Å². The number of hydrazone groups is 1. The van der Waals surface area contributed by atoms with Crippen molar-refractivity contribution in [3.8, 4) is 5.75 Å². The lowest BCUT2D eigenvalue weighted by Crippen LogP contribution is -2.22. The number of nitrogens with one attached hydrogen (secondary N) is 1. The summed E-state index contributed by atoms with van der Waals surface area (Å²) in [6.45, 7) is 4.85. The minimum atomic E-state index is -0.276. The number of carbonyl (C=O) groups excluding carboxylic acids is 1. The topological polar surface area (TPSA) is 59.9 Å². The van der Waals surface area contributed by atoms with Gasteiger partial charge in [-0.05, 0) is 26.0 Å². The molecule has 0 saturated heterocycles. The molecular weight excluding hydrogens is 232 g/mol. The van der Waals surface area contributed by atoms with Crippen LogP contribution in [-0.2, 0) is 9.53 Å². The molecule has 1 aromatic carbocycles. The summed E-state index contributed by atoms with van der Waals surface area (Å²) in [4.78, 5) is 11.2. The van der Waals surface area contributed by atoms with Crippen LogP contribution in [-0.4, -0.2) is 31.9 Å². The highest BCUT2D eigenvalue weighted by Gasteiger charge is 2.00. The summed E-state index contributed by atoms with van der Waals surface area (Å²) in [5.41, 5.74) is 3.20. The molecule has 0 bridgehead atoms. The molecule has 98 valence electrons. The van der Waals surface area contributed by atoms with E-state index in [0.29, 0.717) is 13.2 Å². The Kier molecular flexibility index (Phi) is 6.50. The molecule has 0 unspecified atom stereocenters. The Labute approximate surface area is 107 Å². The lowest BCUT2D eigenvalue weighted by molar-refractivity contribution is -0.125. The number of hydrogen-bond acceptors (Lipinski definition) is 4. The van der Waals surface area contributed by atoms with Crippen molar-refractivity contribution in [1.82, 2.24) is 5.43 Å². The summed E-state index contributed by atoms with van der Waals surface area (Å²) < 4.78 is 10.4. The van der Waals surface area contributed by atoms with Crippen LogP contribution in [0.25, 0.3) is 0 Å². The van der Waals surface area contributed by atoms with Crippen LogP contribution in [0.15, 0.2) is 29.4 Å². The van der Waals surface area contributed by atoms with Crippen molar-refractivity contribution in [2.24, 2.45) is 5.10 Å². The fourth-order valence-corrected chi connectivity index (χ4v) is 1.27. The summed E-state index contributed by atoms with van der Waals surface area (Å²) in [5, 5.41) is 3.85. The summed E-state index contributed by atoms with van der Waals surface area (Å²) >= 11 is 0. The molecule has 0 spiro atoms. The van der Waals surface area contributed by atoms with E-state index >= 15 is 0 Å². The normalized spacial score (nSPS) is 10.6. The van der Waals surface area contributed by atoms with E-state index in [0.717, 1.165) is 11.3 Å². The third-order valence-corrected chi connectivity index (χ3v) is 2.05. The highest BCUT2D eigenvalue weighted by molar-refractivity contribution is 5.85. The number of nitrogens with zero attached hydrogens (tertiary/aromatic N) is 1. The zero-order valence-corrected chi connectivity index (χ0v) is 10.7. The summed E-state index contributed by atoms with van der Waals surface area (Å²) in [7, 11) is 0. The highest BCUT2D eigenvalue weighted by Crippen LogP contribution is 2.15. The number of carbonyl (C=O) groups is 1. The Morgan fingerprint density at radius 2 is 2.11 bits per heavy atom. The van der Waals surface area contributed by atoms with Gasteiger partial charge in [0.15, 0.2) is 0 Å². The smallest absolute Gasteiger partial charge is 0.266 e. The van der Waals surface area contributed by atoms with Crippen molar-refractivity contribution in [2.45, 2.75) is 13.8 Å². The standard InChI is InChI=1S/C13H18N2O3/c1-3-17-10-13(16)15-14-9-11-7-5-6-8-12(11)18-4-2/h5-9H,3-4,10H2,1-2H3,(H,15,16)/b14-9+. The molecule has 0 aliphatic heterocycles. The van der Waals surface area contributed by atoms with Crippen molar-refractivity contribution in [3.05, 3.63) is 29.8 Å². The minimum Gasteiger partial charge on any atom is -0.493 e. The van der Waals surface area contributed by atoms with Crippen molar-refractivity contribution < 1.29 is 14.3 Å². The van der Waals surface area contributed by atoms with Gasteiger partial charge in [0.25, 0.3) is 5.91 Å². The zero-order valence-electron chi connectivity index (χ0n) is 10.7. The second-order valence-electron chi connectivity index (χ2n) is 3.40. The van der Waals surface area contributed by atoms with Crippen molar-refractivity contribution in [3.63, 3.8) is 0 Å². The Hall–Kier alpha value is -1.88. The van der Waals surface area contributed by atoms with Gasteiger partial charge in [-0.15, -0.1) is 0 Å². The van der Waals surface area contributed by atoms with Gasteiger partial charge in [0.1, 0.15) is 12.4 Å². The molecular formula is C13H18N2O3. The molecule has 0 radical (unpaired) electrons. The molecule has 0 aliphatic rings. The van der Waals surface area contributed by atoms with E-state index in [-0.39, 0.29) is 12.5 Å². The lowest BCUT2D eigenvalue weighted by Gasteiger charge is -2.05. The van der Waals surface area contributed by atoms with E-state index in [4.69, 9.17) is 9.47 Å². The first-order chi connectivity index (χ1) is 8.77. The van der Waals surface area contributed by atoms with Gasteiger partial charge >= 0.3 is 0 Å². The van der Waals surface area contributed by atoms with E-state index in [1.54, 1.807) is 6.21 Å². The first-order valence-electron chi connectivity index (χ1n) is 5.89. The average Bonchev–Trinajstić information content (AvgIpc) is 2.38. The van der Waals surface area contributed by atoms with Crippen molar-refractivity contribution in [2.75, 3.05) is 19.8 Å². The van der Waals surface area contributed by atoms with Crippen molar-refractivity contribution >= 4 is 12.1 Å². The molecule has 1 N–H and O–H groups in total. The van der Waals surface area contributed by atoms with Crippen LogP contribution in [0.2, 0.25) is 0 Å². The monoisotopic (exact) mass is 250 g/mol. The number of hydrogen-bond donors (Lipinski definition) is 1. The molecule has 5 heteroatoms. The zero-order chi connectivity index (χ0) is 13.2. The first kappa shape index (κ1) is 14.2. The SMILES string of the molecule is CCOCC(=O)N/N=C/c1ccccc1OCC. The summed E-state index contributed by atoms with van der Waals surface area (Å²) in [5.74, 6) is 0.463. The van der Waals surface area contributed by atoms with E-state index in [1.807, 2.05) is 38.1 Å². The molecule has 0 aromatic heterocycles. The van der Waals surface area contributed by atoms with Crippen LogP contribution in [0.3, 0.4) is 0 Å². The Morgan fingerprint density at radius 3 is 2.83 bits per heavy atom. The second kappa shape index (κ2) is 8.25. The van der Waals surface area contributed by atoms with Crippen LogP contribution in [0.5, 0.6) is 5.75 Å². The van der Waals surface area contributed by atoms with Crippen LogP contribution >= 0.6 is 0 Å². The van der Waals surface area contributed by atoms with Gasteiger partial charge in [0, 0.05) is 12.2 Å². The van der Waals surface area contributed by atoms with Gasteiger partial charge in [0.05, 0.1) is 12.8 Å². The third-order valence-electron chi connectivity index (χ3n) is 2.05. The first-order valence-corrected chi connectivity index (χ1v) is 5.89. The molecule has 0 saturated carbocycles. The largest absolute Gasteiger partial charge is 0.493 e. The minimum absolute atomic E-state index is 0.0148. The maximum absolute atomic E-state index is 11.2. The van der Waals surface area contributed by atoms with Crippen LogP contribution in [0.1, 0.15) is 19.4 Å². The molecule has 0 aliphatic carbocycles. The Bertz CT molecular complexity index is 405. The van der Waals surface area contributed by atoms with Gasteiger partial charge in [-0.25, -0.2) is 5.43 Å². The maximum atomic E-state index is 11.2. The molecule has 0 atom stereocenters. The van der Waals surface area contributed by atoms with Gasteiger partial charge in [-0.1, -0.05) is 12.1 Å². The predicted molar refractivity (Wildman–Crippen MR) is 69.8 cm³/mol. The summed E-state index contributed by atoms with van der Waals surface area (Å²) in [6.07, 6.45) is 1.55. The predicted octanol–water partition coefficient (Wildman–Crippen LogP) is 1.57. The number of para-hydroxylation sites is 1. The summed E-state index contributed by atoms with van der Waals surface area (Å²) in [6, 6.07) is 7.48. The van der Waals surface area contributed by atoms with Gasteiger partial charge in [-0.2, -0.15) is 5.10 Å². The Morgan fingerprint density at radius 1 is 1.33 bits per heavy atom. The molecule has 5 nitrogen and oxygen atoms in total. The lowest BCUT2D eigenvalue weighted by atomic mass is 10.2. The molecule has 18 heavy (non-hydrogen) atoms. The number of amides is 1. The maximum Gasteiger partial charge on any atom is 0.266 e. The average molecular weight is 250 g/mol. The van der Waals surface area contributed by atoms with Crippen LogP contribution in [0.4, 0.5) is 0 Å².